The van der Waals surface area contributed by atoms with Gasteiger partial charge < -0.3 is 9.84 Å². The zero-order valence-electron chi connectivity index (χ0n) is 13.3. The summed E-state index contributed by atoms with van der Waals surface area (Å²) in [4.78, 5) is 11.2. The van der Waals surface area contributed by atoms with Crippen molar-refractivity contribution in [2.24, 2.45) is 0 Å². The lowest BCUT2D eigenvalue weighted by atomic mass is 9.95. The van der Waals surface area contributed by atoms with E-state index in [4.69, 9.17) is 4.74 Å². The molecule has 0 aliphatic heterocycles. The Hall–Kier alpha value is -2.29. The average molecular weight is 298 g/mol. The smallest absolute Gasteiger partial charge is 0.335 e. The van der Waals surface area contributed by atoms with Crippen LogP contribution in [0.5, 0.6) is 5.75 Å². The van der Waals surface area contributed by atoms with Crippen molar-refractivity contribution in [2.45, 2.75) is 33.6 Å². The molecule has 2 rings (SSSR count). The van der Waals surface area contributed by atoms with E-state index >= 15 is 0 Å². The number of aryl methyl sites for hydroxylation is 2. The van der Waals surface area contributed by atoms with E-state index in [0.717, 1.165) is 34.4 Å². The molecule has 2 aromatic rings. The standard InChI is InChI=1S/C19H22O3/c1-4-10-22-16-7-9-17(13(3)11-16)15-6-8-18(19(20)21)14(5-2)12-15/h6-9,11-12H,4-5,10H2,1-3H3,(H,20,21). The molecule has 0 aromatic heterocycles. The van der Waals surface area contributed by atoms with Crippen molar-refractivity contribution in [3.63, 3.8) is 0 Å². The summed E-state index contributed by atoms with van der Waals surface area (Å²) in [5.74, 6) is 0.00408. The predicted molar refractivity (Wildman–Crippen MR) is 88.7 cm³/mol. The highest BCUT2D eigenvalue weighted by atomic mass is 16.5. The van der Waals surface area contributed by atoms with Crippen LogP contribution in [-0.4, -0.2) is 17.7 Å². The Balaban J connectivity index is 2.37. The molecule has 0 radical (unpaired) electrons. The van der Waals surface area contributed by atoms with Crippen LogP contribution in [0.4, 0.5) is 0 Å². The van der Waals surface area contributed by atoms with E-state index in [2.05, 4.69) is 6.92 Å². The molecular formula is C19H22O3. The minimum absolute atomic E-state index is 0.381. The van der Waals surface area contributed by atoms with Crippen molar-refractivity contribution in [1.29, 1.82) is 0 Å². The largest absolute Gasteiger partial charge is 0.494 e. The molecule has 0 heterocycles. The van der Waals surface area contributed by atoms with Gasteiger partial charge in [-0.3, -0.25) is 0 Å². The quantitative estimate of drug-likeness (QED) is 0.840. The summed E-state index contributed by atoms with van der Waals surface area (Å²) in [7, 11) is 0. The van der Waals surface area contributed by atoms with E-state index in [0.29, 0.717) is 18.6 Å². The molecule has 0 amide bonds. The van der Waals surface area contributed by atoms with Crippen molar-refractivity contribution < 1.29 is 14.6 Å². The maximum absolute atomic E-state index is 11.2. The Bertz CT molecular complexity index is 674. The van der Waals surface area contributed by atoms with Gasteiger partial charge >= 0.3 is 5.97 Å². The Morgan fingerprint density at radius 3 is 2.50 bits per heavy atom. The van der Waals surface area contributed by atoms with Crippen LogP contribution >= 0.6 is 0 Å². The molecule has 0 spiro atoms. The predicted octanol–water partition coefficient (Wildman–Crippen LogP) is 4.71. The molecule has 0 saturated heterocycles. The van der Waals surface area contributed by atoms with Crippen LogP contribution in [0.3, 0.4) is 0 Å². The van der Waals surface area contributed by atoms with Gasteiger partial charge in [-0.15, -0.1) is 0 Å². The van der Waals surface area contributed by atoms with Gasteiger partial charge in [0.1, 0.15) is 5.75 Å². The first kappa shape index (κ1) is 16.1. The molecule has 0 aliphatic rings. The molecule has 0 fully saturated rings. The monoisotopic (exact) mass is 298 g/mol. The van der Waals surface area contributed by atoms with Gasteiger partial charge in [0.2, 0.25) is 0 Å². The van der Waals surface area contributed by atoms with Gasteiger partial charge in [0.15, 0.2) is 0 Å². The highest BCUT2D eigenvalue weighted by Crippen LogP contribution is 2.29. The first-order chi connectivity index (χ1) is 10.6. The van der Waals surface area contributed by atoms with Crippen molar-refractivity contribution in [2.75, 3.05) is 6.61 Å². The number of aromatic carboxylic acids is 1. The Labute approximate surface area is 131 Å². The molecule has 22 heavy (non-hydrogen) atoms. The van der Waals surface area contributed by atoms with Gasteiger partial charge in [0.25, 0.3) is 0 Å². The molecule has 2 aromatic carbocycles. The topological polar surface area (TPSA) is 46.5 Å². The lowest BCUT2D eigenvalue weighted by molar-refractivity contribution is 0.0696. The molecule has 1 N–H and O–H groups in total. The number of rotatable bonds is 6. The fourth-order valence-corrected chi connectivity index (χ4v) is 2.53. The van der Waals surface area contributed by atoms with E-state index in [9.17, 15) is 9.90 Å². The van der Waals surface area contributed by atoms with E-state index in [-0.39, 0.29) is 0 Å². The normalized spacial score (nSPS) is 10.5. The SMILES string of the molecule is CCCOc1ccc(-c2ccc(C(=O)O)c(CC)c2)c(C)c1. The minimum atomic E-state index is -0.872. The first-order valence-corrected chi connectivity index (χ1v) is 7.66. The molecule has 3 nitrogen and oxygen atoms in total. The zero-order valence-corrected chi connectivity index (χ0v) is 13.3. The van der Waals surface area contributed by atoms with Crippen LogP contribution in [0.1, 0.15) is 41.8 Å². The van der Waals surface area contributed by atoms with E-state index in [1.807, 2.05) is 44.2 Å². The summed E-state index contributed by atoms with van der Waals surface area (Å²) in [5.41, 5.74) is 4.51. The van der Waals surface area contributed by atoms with E-state index in [1.165, 1.54) is 0 Å². The van der Waals surface area contributed by atoms with Crippen molar-refractivity contribution >= 4 is 5.97 Å². The van der Waals surface area contributed by atoms with Gasteiger partial charge in [0, 0.05) is 0 Å². The average Bonchev–Trinajstić information content (AvgIpc) is 2.52. The fraction of sp³-hybridized carbons (Fsp3) is 0.316. The van der Waals surface area contributed by atoms with Gasteiger partial charge in [-0.2, -0.15) is 0 Å². The van der Waals surface area contributed by atoms with Gasteiger partial charge in [-0.1, -0.05) is 32.0 Å². The number of carbonyl (C=O) groups is 1. The highest BCUT2D eigenvalue weighted by molar-refractivity contribution is 5.90. The van der Waals surface area contributed by atoms with E-state index in [1.54, 1.807) is 6.07 Å². The second kappa shape index (κ2) is 7.12. The molecule has 0 aliphatic carbocycles. The summed E-state index contributed by atoms with van der Waals surface area (Å²) < 4.78 is 5.64. The molecule has 0 atom stereocenters. The van der Waals surface area contributed by atoms with Crippen molar-refractivity contribution in [1.82, 2.24) is 0 Å². The number of hydrogen-bond donors (Lipinski definition) is 1. The summed E-state index contributed by atoms with van der Waals surface area (Å²) in [5, 5.41) is 9.22. The van der Waals surface area contributed by atoms with E-state index < -0.39 is 5.97 Å². The summed E-state index contributed by atoms with van der Waals surface area (Å²) >= 11 is 0. The Morgan fingerprint density at radius 2 is 1.91 bits per heavy atom. The molecule has 0 unspecified atom stereocenters. The van der Waals surface area contributed by atoms with Crippen LogP contribution in [0.15, 0.2) is 36.4 Å². The number of carboxylic acid groups (broad SMARTS) is 1. The molecule has 0 bridgehead atoms. The van der Waals surface area contributed by atoms with Gasteiger partial charge in [0.05, 0.1) is 12.2 Å². The first-order valence-electron chi connectivity index (χ1n) is 7.66. The maximum Gasteiger partial charge on any atom is 0.335 e. The second-order valence-corrected chi connectivity index (χ2v) is 5.36. The molecule has 3 heteroatoms. The van der Waals surface area contributed by atoms with Gasteiger partial charge in [-0.25, -0.2) is 4.79 Å². The van der Waals surface area contributed by atoms with Crippen LogP contribution in [0, 0.1) is 6.92 Å². The number of carboxylic acids is 1. The third-order valence-corrected chi connectivity index (χ3v) is 3.70. The zero-order chi connectivity index (χ0) is 16.1. The third kappa shape index (κ3) is 3.48. The lowest BCUT2D eigenvalue weighted by Gasteiger charge is -2.12. The minimum Gasteiger partial charge on any atom is -0.494 e. The summed E-state index contributed by atoms with van der Waals surface area (Å²) in [6.45, 7) is 6.81. The second-order valence-electron chi connectivity index (χ2n) is 5.36. The van der Waals surface area contributed by atoms with Crippen LogP contribution in [0.25, 0.3) is 11.1 Å². The van der Waals surface area contributed by atoms with Crippen LogP contribution < -0.4 is 4.74 Å². The van der Waals surface area contributed by atoms with Crippen LogP contribution in [-0.2, 0) is 6.42 Å². The summed E-state index contributed by atoms with van der Waals surface area (Å²) in [6, 6.07) is 11.6. The number of hydrogen-bond acceptors (Lipinski definition) is 2. The lowest BCUT2D eigenvalue weighted by Crippen LogP contribution is -2.02. The van der Waals surface area contributed by atoms with Crippen molar-refractivity contribution in [3.8, 4) is 16.9 Å². The maximum atomic E-state index is 11.2. The van der Waals surface area contributed by atoms with Crippen LogP contribution in [0.2, 0.25) is 0 Å². The Kier molecular flexibility index (Phi) is 5.21. The molecular weight excluding hydrogens is 276 g/mol. The fourth-order valence-electron chi connectivity index (χ4n) is 2.53. The molecule has 116 valence electrons. The summed E-state index contributed by atoms with van der Waals surface area (Å²) in [6.07, 6.45) is 1.68. The number of benzene rings is 2. The highest BCUT2D eigenvalue weighted by Gasteiger charge is 2.11. The Morgan fingerprint density at radius 1 is 1.14 bits per heavy atom. The van der Waals surface area contributed by atoms with Gasteiger partial charge in [-0.05, 0) is 60.2 Å². The third-order valence-electron chi connectivity index (χ3n) is 3.70. The molecule has 0 saturated carbocycles. The van der Waals surface area contributed by atoms with Crippen molar-refractivity contribution in [3.05, 3.63) is 53.1 Å². The number of ether oxygens (including phenoxy) is 1.